The van der Waals surface area contributed by atoms with Gasteiger partial charge in [0.1, 0.15) is 5.82 Å². The maximum atomic E-state index is 13.2. The van der Waals surface area contributed by atoms with Gasteiger partial charge in [0.05, 0.1) is 11.4 Å². The van der Waals surface area contributed by atoms with Gasteiger partial charge in [0.15, 0.2) is 5.78 Å². The second-order valence-corrected chi connectivity index (χ2v) is 5.95. The molecule has 116 valence electrons. The van der Waals surface area contributed by atoms with Crippen molar-refractivity contribution in [2.24, 2.45) is 0 Å². The van der Waals surface area contributed by atoms with E-state index in [2.05, 4.69) is 15.5 Å². The van der Waals surface area contributed by atoms with Crippen LogP contribution in [-0.4, -0.2) is 31.7 Å². The molecule has 0 aliphatic rings. The Kier molecular flexibility index (Phi) is 4.68. The van der Waals surface area contributed by atoms with E-state index in [1.54, 1.807) is 30.3 Å². The quantitative estimate of drug-likeness (QED) is 0.522. The highest BCUT2D eigenvalue weighted by Gasteiger charge is 2.13. The summed E-state index contributed by atoms with van der Waals surface area (Å²) < 4.78 is 14.7. The third-order valence-corrected chi connectivity index (χ3v) is 4.16. The number of hydrogen-bond donors (Lipinski definition) is 0. The van der Waals surface area contributed by atoms with Crippen LogP contribution in [0.3, 0.4) is 0 Å². The zero-order valence-corrected chi connectivity index (χ0v) is 13.3. The van der Waals surface area contributed by atoms with Gasteiger partial charge >= 0.3 is 0 Å². The predicted octanol–water partition coefficient (Wildman–Crippen LogP) is 3.43. The molecule has 23 heavy (non-hydrogen) atoms. The smallest absolute Gasteiger partial charge is 0.214 e. The highest BCUT2D eigenvalue weighted by molar-refractivity contribution is 7.99. The molecule has 0 atom stereocenters. The number of aromatic nitrogens is 4. The Hall–Kier alpha value is -2.25. The summed E-state index contributed by atoms with van der Waals surface area (Å²) in [7, 11) is 0. The molecule has 0 amide bonds. The molecule has 0 fully saturated rings. The molecule has 1 heterocycles. The molecule has 0 spiro atoms. The second kappa shape index (κ2) is 6.89. The lowest BCUT2D eigenvalue weighted by Gasteiger charge is -2.04. The lowest BCUT2D eigenvalue weighted by Crippen LogP contribution is -2.05. The molecule has 0 unspecified atom stereocenters. The lowest BCUT2D eigenvalue weighted by atomic mass is 10.1. The lowest BCUT2D eigenvalue weighted by molar-refractivity contribution is 0.102. The van der Waals surface area contributed by atoms with Gasteiger partial charge in [-0.25, -0.2) is 4.39 Å². The molecule has 0 saturated carbocycles. The van der Waals surface area contributed by atoms with Gasteiger partial charge in [-0.15, -0.1) is 5.10 Å². The van der Waals surface area contributed by atoms with E-state index in [1.807, 2.05) is 0 Å². The molecule has 0 aliphatic carbocycles. The third-order valence-electron chi connectivity index (χ3n) is 2.99. The Morgan fingerprint density at radius 2 is 2.00 bits per heavy atom. The first-order chi connectivity index (χ1) is 11.1. The van der Waals surface area contributed by atoms with E-state index in [9.17, 15) is 9.18 Å². The van der Waals surface area contributed by atoms with E-state index in [0.29, 0.717) is 15.7 Å². The summed E-state index contributed by atoms with van der Waals surface area (Å²) in [4.78, 5) is 12.1. The summed E-state index contributed by atoms with van der Waals surface area (Å²) in [6, 6.07) is 12.6. The minimum atomic E-state index is -0.438. The Morgan fingerprint density at radius 1 is 1.22 bits per heavy atom. The summed E-state index contributed by atoms with van der Waals surface area (Å²) in [6.07, 6.45) is 0. The molecule has 8 heteroatoms. The Labute approximate surface area is 140 Å². The number of nitrogens with zero attached hydrogens (tertiary/aromatic N) is 4. The molecular formula is C15H10ClFN4OS. The summed E-state index contributed by atoms with van der Waals surface area (Å²) >= 11 is 7.04. The SMILES string of the molecule is O=C(CSc1nnnn1-c1ccc(Cl)cc1)c1cccc(F)c1. The van der Waals surface area contributed by atoms with Crippen LogP contribution in [0.1, 0.15) is 10.4 Å². The van der Waals surface area contributed by atoms with Crippen LogP contribution in [0.4, 0.5) is 4.39 Å². The summed E-state index contributed by atoms with van der Waals surface area (Å²) in [5.74, 6) is -0.524. The van der Waals surface area contributed by atoms with Crippen LogP contribution in [-0.2, 0) is 0 Å². The van der Waals surface area contributed by atoms with Crippen molar-refractivity contribution in [2.45, 2.75) is 5.16 Å². The number of tetrazole rings is 1. The molecule has 0 radical (unpaired) electrons. The van der Waals surface area contributed by atoms with Crippen molar-refractivity contribution in [3.05, 3.63) is 64.9 Å². The summed E-state index contributed by atoms with van der Waals surface area (Å²) in [6.45, 7) is 0. The van der Waals surface area contributed by atoms with Crippen molar-refractivity contribution in [3.8, 4) is 5.69 Å². The minimum Gasteiger partial charge on any atom is -0.293 e. The van der Waals surface area contributed by atoms with E-state index in [-0.39, 0.29) is 11.5 Å². The van der Waals surface area contributed by atoms with Gasteiger partial charge in [-0.1, -0.05) is 35.5 Å². The van der Waals surface area contributed by atoms with Crippen LogP contribution in [0.25, 0.3) is 5.69 Å². The van der Waals surface area contributed by atoms with E-state index in [1.165, 1.54) is 34.6 Å². The van der Waals surface area contributed by atoms with Crippen LogP contribution in [0.2, 0.25) is 5.02 Å². The summed E-state index contributed by atoms with van der Waals surface area (Å²) in [5, 5.41) is 12.5. The highest BCUT2D eigenvalue weighted by atomic mass is 35.5. The largest absolute Gasteiger partial charge is 0.293 e. The van der Waals surface area contributed by atoms with E-state index >= 15 is 0 Å². The molecule has 3 rings (SSSR count). The maximum Gasteiger partial charge on any atom is 0.214 e. The van der Waals surface area contributed by atoms with Gasteiger partial charge in [0, 0.05) is 10.6 Å². The van der Waals surface area contributed by atoms with Gasteiger partial charge in [0.2, 0.25) is 5.16 Å². The van der Waals surface area contributed by atoms with Crippen molar-refractivity contribution in [1.29, 1.82) is 0 Å². The molecule has 0 saturated heterocycles. The number of halogens is 2. The van der Waals surface area contributed by atoms with Crippen LogP contribution < -0.4 is 0 Å². The van der Waals surface area contributed by atoms with E-state index in [4.69, 9.17) is 11.6 Å². The number of Topliss-reactive ketones (excluding diaryl/α,β-unsaturated/α-hetero) is 1. The standard InChI is InChI=1S/C15H10ClFN4OS/c16-11-4-6-13(7-5-11)21-15(18-19-20-21)23-9-14(22)10-2-1-3-12(17)8-10/h1-8H,9H2. The van der Waals surface area contributed by atoms with Crippen LogP contribution in [0.15, 0.2) is 53.7 Å². The first-order valence-corrected chi connectivity index (χ1v) is 7.96. The zero-order chi connectivity index (χ0) is 16.2. The van der Waals surface area contributed by atoms with Crippen molar-refractivity contribution in [2.75, 3.05) is 5.75 Å². The number of carbonyl (C=O) groups excluding carboxylic acids is 1. The topological polar surface area (TPSA) is 60.7 Å². The molecule has 2 aromatic carbocycles. The van der Waals surface area contributed by atoms with E-state index < -0.39 is 5.82 Å². The molecule has 5 nitrogen and oxygen atoms in total. The fraction of sp³-hybridized carbons (Fsp3) is 0.0667. The second-order valence-electron chi connectivity index (χ2n) is 4.57. The van der Waals surface area contributed by atoms with Crippen LogP contribution in [0.5, 0.6) is 0 Å². The Bertz CT molecular complexity index is 838. The van der Waals surface area contributed by atoms with Crippen molar-refractivity contribution in [1.82, 2.24) is 20.2 Å². The van der Waals surface area contributed by atoms with Gasteiger partial charge < -0.3 is 0 Å². The van der Waals surface area contributed by atoms with Crippen LogP contribution in [0, 0.1) is 5.82 Å². The third kappa shape index (κ3) is 3.75. The maximum absolute atomic E-state index is 13.2. The fourth-order valence-corrected chi connectivity index (χ4v) is 2.80. The van der Waals surface area contributed by atoms with Crippen molar-refractivity contribution in [3.63, 3.8) is 0 Å². The predicted molar refractivity (Wildman–Crippen MR) is 85.6 cm³/mol. The van der Waals surface area contributed by atoms with Crippen molar-refractivity contribution >= 4 is 29.1 Å². The molecule has 1 aromatic heterocycles. The summed E-state index contributed by atoms with van der Waals surface area (Å²) in [5.41, 5.74) is 1.06. The zero-order valence-electron chi connectivity index (χ0n) is 11.7. The van der Waals surface area contributed by atoms with Gasteiger partial charge in [-0.2, -0.15) is 4.68 Å². The van der Waals surface area contributed by atoms with Gasteiger partial charge in [-0.05, 0) is 46.8 Å². The van der Waals surface area contributed by atoms with Gasteiger partial charge in [-0.3, -0.25) is 4.79 Å². The highest BCUT2D eigenvalue weighted by Crippen LogP contribution is 2.20. The average Bonchev–Trinajstić information content (AvgIpc) is 3.02. The normalized spacial score (nSPS) is 10.7. The number of rotatable bonds is 5. The van der Waals surface area contributed by atoms with Crippen molar-refractivity contribution < 1.29 is 9.18 Å². The monoisotopic (exact) mass is 348 g/mol. The molecule has 0 N–H and O–H groups in total. The number of hydrogen-bond acceptors (Lipinski definition) is 5. The first kappa shape index (κ1) is 15.6. The minimum absolute atomic E-state index is 0.109. The Morgan fingerprint density at radius 3 is 2.74 bits per heavy atom. The van der Waals surface area contributed by atoms with E-state index in [0.717, 1.165) is 5.69 Å². The number of benzene rings is 2. The molecule has 3 aromatic rings. The number of ketones is 1. The number of thioether (sulfide) groups is 1. The molecular weight excluding hydrogens is 339 g/mol. The average molecular weight is 349 g/mol. The fourth-order valence-electron chi connectivity index (χ4n) is 1.89. The van der Waals surface area contributed by atoms with Gasteiger partial charge in [0.25, 0.3) is 0 Å². The number of carbonyl (C=O) groups is 1. The Balaban J connectivity index is 1.73. The molecule has 0 aliphatic heterocycles. The first-order valence-electron chi connectivity index (χ1n) is 6.59. The molecule has 0 bridgehead atoms. The van der Waals surface area contributed by atoms with Crippen LogP contribution >= 0.6 is 23.4 Å².